The van der Waals surface area contributed by atoms with E-state index >= 15 is 0 Å². The molecule has 1 aromatic rings. The number of carbonyl (C=O) groups excluding carboxylic acids is 4. The quantitative estimate of drug-likeness (QED) is 0.306. The average Bonchev–Trinajstić information content (AvgIpc) is 3.09. The number of likely N-dealkylation sites (tertiary alicyclic amines) is 1. The number of unbranched alkanes of at least 4 members (excludes halogenated alkanes) is 4. The number of benzene rings is 1. The second-order valence-electron chi connectivity index (χ2n) is 9.26. The maximum Gasteiger partial charge on any atom is 0.265 e. The number of hydrogen-bond acceptors (Lipinski definition) is 6. The zero-order chi connectivity index (χ0) is 24.1. The van der Waals surface area contributed by atoms with E-state index in [1.54, 1.807) is 0 Å². The highest BCUT2D eigenvalue weighted by molar-refractivity contribution is 7.99. The van der Waals surface area contributed by atoms with Gasteiger partial charge in [-0.15, -0.1) is 11.8 Å². The van der Waals surface area contributed by atoms with E-state index in [0.29, 0.717) is 4.90 Å². The molecule has 0 radical (unpaired) electrons. The lowest BCUT2D eigenvalue weighted by Crippen LogP contribution is -2.54. The third kappa shape index (κ3) is 5.51. The van der Waals surface area contributed by atoms with Crippen LogP contribution in [-0.2, 0) is 9.59 Å². The van der Waals surface area contributed by atoms with Crippen LogP contribution in [0.2, 0.25) is 0 Å². The standard InChI is InChI=1S/C25H32FN3O4S/c26-17-9-11-19(34-16-8-3-1-2-5-13-28-14-6-4-7-15-28)22-21(17)24(32)29(25(22)33)18-10-12-20(30)27-23(18)31/h9,11,18H,1-8,10,12-16H2,(H,27,30,31). The van der Waals surface area contributed by atoms with Gasteiger partial charge in [0, 0.05) is 11.3 Å². The van der Waals surface area contributed by atoms with Crippen molar-refractivity contribution in [2.24, 2.45) is 0 Å². The number of imide groups is 2. The van der Waals surface area contributed by atoms with Gasteiger partial charge in [-0.25, -0.2) is 4.39 Å². The summed E-state index contributed by atoms with van der Waals surface area (Å²) in [5.74, 6) is -2.59. The molecule has 9 heteroatoms. The van der Waals surface area contributed by atoms with Gasteiger partial charge in [0.2, 0.25) is 11.8 Å². The second kappa shape index (κ2) is 11.4. The third-order valence-corrected chi connectivity index (χ3v) is 7.97. The number of nitrogens with one attached hydrogen (secondary N) is 1. The van der Waals surface area contributed by atoms with E-state index < -0.39 is 35.5 Å². The second-order valence-corrected chi connectivity index (χ2v) is 10.4. The number of thioether (sulfide) groups is 1. The Bertz CT molecular complexity index is 964. The lowest BCUT2D eigenvalue weighted by atomic mass is 10.0. The van der Waals surface area contributed by atoms with E-state index in [0.717, 1.165) is 29.9 Å². The van der Waals surface area contributed by atoms with Gasteiger partial charge < -0.3 is 4.90 Å². The first-order chi connectivity index (χ1) is 16.5. The minimum absolute atomic E-state index is 0.0337. The van der Waals surface area contributed by atoms with Crippen LogP contribution >= 0.6 is 11.8 Å². The molecule has 3 aliphatic heterocycles. The van der Waals surface area contributed by atoms with E-state index in [9.17, 15) is 23.6 Å². The minimum Gasteiger partial charge on any atom is -0.303 e. The number of amides is 4. The topological polar surface area (TPSA) is 86.8 Å². The fraction of sp³-hybridized carbons (Fsp3) is 0.600. The molecule has 0 spiro atoms. The van der Waals surface area contributed by atoms with Gasteiger partial charge in [0.05, 0.1) is 11.1 Å². The van der Waals surface area contributed by atoms with E-state index in [1.807, 2.05) is 0 Å². The molecular weight excluding hydrogens is 457 g/mol. The van der Waals surface area contributed by atoms with Crippen molar-refractivity contribution in [3.63, 3.8) is 0 Å². The number of piperidine rings is 2. The Balaban J connectivity index is 1.28. The van der Waals surface area contributed by atoms with Crippen LogP contribution in [-0.4, -0.2) is 64.9 Å². The smallest absolute Gasteiger partial charge is 0.265 e. The number of rotatable bonds is 10. The predicted octanol–water partition coefficient (Wildman–Crippen LogP) is 3.76. The summed E-state index contributed by atoms with van der Waals surface area (Å²) >= 11 is 1.45. The van der Waals surface area contributed by atoms with Crippen LogP contribution in [0, 0.1) is 5.82 Å². The number of halogens is 1. The van der Waals surface area contributed by atoms with Crippen molar-refractivity contribution < 1.29 is 23.6 Å². The van der Waals surface area contributed by atoms with Crippen molar-refractivity contribution >= 4 is 35.4 Å². The van der Waals surface area contributed by atoms with E-state index in [2.05, 4.69) is 10.2 Å². The van der Waals surface area contributed by atoms with Crippen LogP contribution in [0.3, 0.4) is 0 Å². The maximum absolute atomic E-state index is 14.5. The highest BCUT2D eigenvalue weighted by atomic mass is 32.2. The molecule has 184 valence electrons. The van der Waals surface area contributed by atoms with Crippen molar-refractivity contribution in [1.82, 2.24) is 15.1 Å². The largest absolute Gasteiger partial charge is 0.303 e. The first-order valence-corrected chi connectivity index (χ1v) is 13.3. The summed E-state index contributed by atoms with van der Waals surface area (Å²) in [5, 5.41) is 2.16. The summed E-state index contributed by atoms with van der Waals surface area (Å²) in [7, 11) is 0. The van der Waals surface area contributed by atoms with Crippen molar-refractivity contribution in [1.29, 1.82) is 0 Å². The predicted molar refractivity (Wildman–Crippen MR) is 127 cm³/mol. The van der Waals surface area contributed by atoms with E-state index in [-0.39, 0.29) is 24.0 Å². The molecule has 0 aromatic heterocycles. The van der Waals surface area contributed by atoms with Crippen molar-refractivity contribution in [2.75, 3.05) is 25.4 Å². The van der Waals surface area contributed by atoms with Crippen molar-refractivity contribution in [3.8, 4) is 0 Å². The fourth-order valence-corrected chi connectivity index (χ4v) is 6.04. The summed E-state index contributed by atoms with van der Waals surface area (Å²) in [6.45, 7) is 3.66. The zero-order valence-corrected chi connectivity index (χ0v) is 20.3. The molecule has 3 heterocycles. The number of fused-ring (bicyclic) bond motifs is 1. The molecule has 2 fully saturated rings. The SMILES string of the molecule is O=C1CCC(N2C(=O)c3c(F)ccc(SCCCCCCCN4CCCCC4)c3C2=O)C(=O)N1. The van der Waals surface area contributed by atoms with Crippen LogP contribution in [0.1, 0.15) is 84.9 Å². The molecule has 3 aliphatic rings. The molecular formula is C25H32FN3O4S. The molecule has 1 atom stereocenters. The van der Waals surface area contributed by atoms with E-state index in [1.165, 1.54) is 75.6 Å². The fourth-order valence-electron chi connectivity index (χ4n) is 4.98. The minimum atomic E-state index is -1.09. The lowest BCUT2D eigenvalue weighted by molar-refractivity contribution is -0.136. The number of nitrogens with zero attached hydrogens (tertiary/aromatic N) is 2. The number of hydrogen-bond donors (Lipinski definition) is 1. The first kappa shape index (κ1) is 24.9. The zero-order valence-electron chi connectivity index (χ0n) is 19.4. The van der Waals surface area contributed by atoms with Crippen molar-refractivity contribution in [2.45, 2.75) is 75.1 Å². The maximum atomic E-state index is 14.5. The summed E-state index contributed by atoms with van der Waals surface area (Å²) in [6, 6.07) is 1.66. The molecule has 0 bridgehead atoms. The molecule has 2 saturated heterocycles. The summed E-state index contributed by atoms with van der Waals surface area (Å²) in [4.78, 5) is 53.6. The van der Waals surface area contributed by atoms with Crippen molar-refractivity contribution in [3.05, 3.63) is 29.1 Å². The third-order valence-electron chi connectivity index (χ3n) is 6.83. The summed E-state index contributed by atoms with van der Waals surface area (Å²) in [5.41, 5.74) is -0.223. The Morgan fingerprint density at radius 3 is 2.38 bits per heavy atom. The first-order valence-electron chi connectivity index (χ1n) is 12.4. The Hall–Kier alpha value is -2.26. The van der Waals surface area contributed by atoms with Gasteiger partial charge in [0.1, 0.15) is 11.9 Å². The summed E-state index contributed by atoms with van der Waals surface area (Å²) in [6.07, 6.45) is 9.76. The summed E-state index contributed by atoms with van der Waals surface area (Å²) < 4.78 is 14.5. The Kier molecular flexibility index (Phi) is 8.37. The van der Waals surface area contributed by atoms with E-state index in [4.69, 9.17) is 0 Å². The Morgan fingerprint density at radius 2 is 1.62 bits per heavy atom. The van der Waals surface area contributed by atoms with Gasteiger partial charge in [0.25, 0.3) is 11.8 Å². The molecule has 4 rings (SSSR count). The van der Waals surface area contributed by atoms with Gasteiger partial charge in [-0.2, -0.15) is 0 Å². The molecule has 7 nitrogen and oxygen atoms in total. The average molecular weight is 490 g/mol. The van der Waals surface area contributed by atoms with Crippen LogP contribution in [0.25, 0.3) is 0 Å². The van der Waals surface area contributed by atoms with Gasteiger partial charge in [0.15, 0.2) is 0 Å². The molecule has 34 heavy (non-hydrogen) atoms. The monoisotopic (exact) mass is 489 g/mol. The molecule has 0 saturated carbocycles. The normalized spacial score (nSPS) is 21.2. The Morgan fingerprint density at radius 1 is 0.912 bits per heavy atom. The highest BCUT2D eigenvalue weighted by Crippen LogP contribution is 2.36. The Labute approximate surface area is 203 Å². The van der Waals surface area contributed by atoms with Crippen LogP contribution in [0.5, 0.6) is 0 Å². The molecule has 4 amide bonds. The van der Waals surface area contributed by atoms with Crippen LogP contribution in [0.15, 0.2) is 17.0 Å². The van der Waals surface area contributed by atoms with Gasteiger partial charge in [-0.05, 0) is 69.6 Å². The number of carbonyl (C=O) groups is 4. The van der Waals surface area contributed by atoms with Gasteiger partial charge in [-0.1, -0.05) is 25.7 Å². The van der Waals surface area contributed by atoms with Gasteiger partial charge in [-0.3, -0.25) is 29.4 Å². The molecule has 1 unspecified atom stereocenters. The van der Waals surface area contributed by atoms with Crippen LogP contribution in [0.4, 0.5) is 4.39 Å². The van der Waals surface area contributed by atoms with Crippen LogP contribution < -0.4 is 5.32 Å². The molecule has 0 aliphatic carbocycles. The highest BCUT2D eigenvalue weighted by Gasteiger charge is 2.47. The van der Waals surface area contributed by atoms with Gasteiger partial charge >= 0.3 is 0 Å². The molecule has 1 aromatic carbocycles. The lowest BCUT2D eigenvalue weighted by Gasteiger charge is -2.27. The molecule has 1 N–H and O–H groups in total.